The lowest BCUT2D eigenvalue weighted by atomic mass is 10.0. The van der Waals surface area contributed by atoms with Crippen LogP contribution in [0.4, 0.5) is 0 Å². The van der Waals surface area contributed by atoms with Crippen LogP contribution in [0.3, 0.4) is 0 Å². The molecule has 1 atom stereocenters. The predicted octanol–water partition coefficient (Wildman–Crippen LogP) is 2.71. The van der Waals surface area contributed by atoms with Gasteiger partial charge in [-0.25, -0.2) is 4.98 Å². The van der Waals surface area contributed by atoms with Gasteiger partial charge in [0.1, 0.15) is 11.9 Å². The Kier molecular flexibility index (Phi) is 3.56. The molecule has 20 heavy (non-hydrogen) atoms. The monoisotopic (exact) mass is 271 g/mol. The molecule has 0 saturated heterocycles. The largest absolute Gasteiger partial charge is 0.490 e. The minimum absolute atomic E-state index is 0.386. The Morgan fingerprint density at radius 3 is 2.35 bits per heavy atom. The maximum Gasteiger partial charge on any atom is 0.212 e. The van der Waals surface area contributed by atoms with E-state index in [9.17, 15) is 5.11 Å². The van der Waals surface area contributed by atoms with Gasteiger partial charge < -0.3 is 14.6 Å². The van der Waals surface area contributed by atoms with E-state index in [1.807, 2.05) is 30.3 Å². The summed E-state index contributed by atoms with van der Waals surface area (Å²) in [7, 11) is 1.57. The molecule has 4 nitrogen and oxygen atoms in total. The summed E-state index contributed by atoms with van der Waals surface area (Å²) in [6.07, 6.45) is 3.60. The van der Waals surface area contributed by atoms with E-state index in [2.05, 4.69) is 4.98 Å². The Balaban J connectivity index is 1.72. The van der Waals surface area contributed by atoms with Gasteiger partial charge in [0.25, 0.3) is 0 Å². The smallest absolute Gasteiger partial charge is 0.212 e. The summed E-state index contributed by atoms with van der Waals surface area (Å²) in [5, 5.41) is 10.3. The molecule has 0 radical (unpaired) electrons. The van der Waals surface area contributed by atoms with Gasteiger partial charge in [-0.3, -0.25) is 0 Å². The van der Waals surface area contributed by atoms with E-state index in [-0.39, 0.29) is 0 Å². The molecular formula is C16H17NO3. The molecule has 1 N–H and O–H groups in total. The molecule has 1 aromatic heterocycles. The van der Waals surface area contributed by atoms with Crippen LogP contribution in [0.15, 0.2) is 42.6 Å². The van der Waals surface area contributed by atoms with Crippen molar-refractivity contribution in [1.29, 1.82) is 0 Å². The first-order valence-electron chi connectivity index (χ1n) is 6.71. The van der Waals surface area contributed by atoms with E-state index in [4.69, 9.17) is 9.47 Å². The van der Waals surface area contributed by atoms with Gasteiger partial charge in [0, 0.05) is 17.8 Å². The van der Waals surface area contributed by atoms with Crippen LogP contribution in [0, 0.1) is 0 Å². The molecular weight excluding hydrogens is 254 g/mol. The first-order chi connectivity index (χ1) is 9.76. The third kappa shape index (κ3) is 2.91. The van der Waals surface area contributed by atoms with Crippen LogP contribution in [0.25, 0.3) is 0 Å². The third-order valence-electron chi connectivity index (χ3n) is 3.31. The molecule has 1 heterocycles. The predicted molar refractivity (Wildman–Crippen MR) is 74.9 cm³/mol. The Labute approximate surface area is 118 Å². The van der Waals surface area contributed by atoms with Gasteiger partial charge in [-0.2, -0.15) is 0 Å². The zero-order valence-corrected chi connectivity index (χ0v) is 11.3. The fourth-order valence-electron chi connectivity index (χ4n) is 1.97. The molecule has 1 aromatic carbocycles. The van der Waals surface area contributed by atoms with Crippen LogP contribution in [0.2, 0.25) is 0 Å². The number of hydrogen-bond donors (Lipinski definition) is 1. The van der Waals surface area contributed by atoms with Crippen molar-refractivity contribution >= 4 is 0 Å². The maximum absolute atomic E-state index is 10.3. The molecule has 1 saturated carbocycles. The Bertz CT molecular complexity index is 561. The number of nitrogens with zero attached hydrogens (tertiary/aromatic N) is 1. The minimum atomic E-state index is -0.691. The van der Waals surface area contributed by atoms with E-state index in [1.54, 1.807) is 19.4 Å². The van der Waals surface area contributed by atoms with Crippen molar-refractivity contribution in [2.24, 2.45) is 0 Å². The standard InChI is InChI=1S/C16H17NO3/c1-19-15-9-4-12(10-17-15)16(18)11-2-5-13(6-3-11)20-14-7-8-14/h2-6,9-10,14,16,18H,7-8H2,1H3. The highest BCUT2D eigenvalue weighted by Crippen LogP contribution is 2.29. The number of rotatable bonds is 5. The highest BCUT2D eigenvalue weighted by Gasteiger charge is 2.23. The van der Waals surface area contributed by atoms with Crippen molar-refractivity contribution < 1.29 is 14.6 Å². The van der Waals surface area contributed by atoms with E-state index >= 15 is 0 Å². The van der Waals surface area contributed by atoms with Crippen molar-refractivity contribution in [3.05, 3.63) is 53.7 Å². The molecule has 0 spiro atoms. The van der Waals surface area contributed by atoms with Gasteiger partial charge in [-0.05, 0) is 36.6 Å². The van der Waals surface area contributed by atoms with Gasteiger partial charge >= 0.3 is 0 Å². The summed E-state index contributed by atoms with van der Waals surface area (Å²) in [5.74, 6) is 1.39. The second-order valence-corrected chi connectivity index (χ2v) is 4.92. The Morgan fingerprint density at radius 2 is 1.80 bits per heavy atom. The molecule has 1 fully saturated rings. The highest BCUT2D eigenvalue weighted by molar-refractivity contribution is 5.34. The zero-order valence-electron chi connectivity index (χ0n) is 11.3. The molecule has 1 aliphatic rings. The van der Waals surface area contributed by atoms with Gasteiger partial charge in [-0.15, -0.1) is 0 Å². The zero-order chi connectivity index (χ0) is 13.9. The average molecular weight is 271 g/mol. The van der Waals surface area contributed by atoms with E-state index < -0.39 is 6.10 Å². The Hall–Kier alpha value is -2.07. The van der Waals surface area contributed by atoms with Crippen molar-refractivity contribution in [3.63, 3.8) is 0 Å². The van der Waals surface area contributed by atoms with E-state index in [0.29, 0.717) is 12.0 Å². The van der Waals surface area contributed by atoms with Crippen molar-refractivity contribution in [1.82, 2.24) is 4.98 Å². The van der Waals surface area contributed by atoms with Gasteiger partial charge in [0.15, 0.2) is 0 Å². The molecule has 0 bridgehead atoms. The van der Waals surface area contributed by atoms with Gasteiger partial charge in [-0.1, -0.05) is 12.1 Å². The van der Waals surface area contributed by atoms with Crippen LogP contribution in [0.1, 0.15) is 30.1 Å². The number of aliphatic hydroxyl groups is 1. The van der Waals surface area contributed by atoms with Crippen LogP contribution in [0.5, 0.6) is 11.6 Å². The number of methoxy groups -OCH3 is 1. The molecule has 1 unspecified atom stereocenters. The topological polar surface area (TPSA) is 51.6 Å². The lowest BCUT2D eigenvalue weighted by Crippen LogP contribution is -2.01. The second-order valence-electron chi connectivity index (χ2n) is 4.92. The summed E-state index contributed by atoms with van der Waals surface area (Å²) in [5.41, 5.74) is 1.56. The van der Waals surface area contributed by atoms with Crippen molar-refractivity contribution in [2.75, 3.05) is 7.11 Å². The summed E-state index contributed by atoms with van der Waals surface area (Å²) >= 11 is 0. The van der Waals surface area contributed by atoms with Crippen LogP contribution < -0.4 is 9.47 Å². The van der Waals surface area contributed by atoms with Gasteiger partial charge in [0.2, 0.25) is 5.88 Å². The van der Waals surface area contributed by atoms with Crippen LogP contribution in [-0.2, 0) is 0 Å². The lowest BCUT2D eigenvalue weighted by Gasteiger charge is -2.12. The number of benzene rings is 1. The minimum Gasteiger partial charge on any atom is -0.490 e. The number of hydrogen-bond acceptors (Lipinski definition) is 4. The second kappa shape index (κ2) is 5.51. The van der Waals surface area contributed by atoms with E-state index in [0.717, 1.165) is 29.7 Å². The molecule has 1 aliphatic carbocycles. The first-order valence-corrected chi connectivity index (χ1v) is 6.71. The fraction of sp³-hybridized carbons (Fsp3) is 0.312. The normalized spacial score (nSPS) is 15.7. The first kappa shape index (κ1) is 12.9. The summed E-state index contributed by atoms with van der Waals surface area (Å²) in [6, 6.07) is 11.1. The summed E-state index contributed by atoms with van der Waals surface area (Å²) in [4.78, 5) is 4.10. The number of aromatic nitrogens is 1. The molecule has 0 aliphatic heterocycles. The molecule has 2 aromatic rings. The van der Waals surface area contributed by atoms with Gasteiger partial charge in [0.05, 0.1) is 13.2 Å². The molecule has 104 valence electrons. The van der Waals surface area contributed by atoms with Crippen LogP contribution in [-0.4, -0.2) is 23.3 Å². The fourth-order valence-corrected chi connectivity index (χ4v) is 1.97. The molecule has 0 amide bonds. The highest BCUT2D eigenvalue weighted by atomic mass is 16.5. The van der Waals surface area contributed by atoms with Crippen molar-refractivity contribution in [2.45, 2.75) is 25.0 Å². The van der Waals surface area contributed by atoms with E-state index in [1.165, 1.54) is 0 Å². The SMILES string of the molecule is COc1ccc(C(O)c2ccc(OC3CC3)cc2)cn1. The average Bonchev–Trinajstić information content (AvgIpc) is 3.31. The number of ether oxygens (including phenoxy) is 2. The quantitative estimate of drug-likeness (QED) is 0.908. The van der Waals surface area contributed by atoms with Crippen LogP contribution >= 0.6 is 0 Å². The summed E-state index contributed by atoms with van der Waals surface area (Å²) in [6.45, 7) is 0. The lowest BCUT2D eigenvalue weighted by molar-refractivity contribution is 0.219. The Morgan fingerprint density at radius 1 is 1.10 bits per heavy atom. The maximum atomic E-state index is 10.3. The third-order valence-corrected chi connectivity index (χ3v) is 3.31. The summed E-state index contributed by atoms with van der Waals surface area (Å²) < 4.78 is 10.7. The number of aliphatic hydroxyl groups excluding tert-OH is 1. The van der Waals surface area contributed by atoms with Crippen molar-refractivity contribution in [3.8, 4) is 11.6 Å². The number of pyridine rings is 1. The molecule has 4 heteroatoms. The molecule has 3 rings (SSSR count).